The fourth-order valence-corrected chi connectivity index (χ4v) is 2.54. The van der Waals surface area contributed by atoms with Crippen molar-refractivity contribution in [2.45, 2.75) is 32.8 Å². The second kappa shape index (κ2) is 8.43. The van der Waals surface area contributed by atoms with Crippen molar-refractivity contribution < 1.29 is 19.1 Å². The summed E-state index contributed by atoms with van der Waals surface area (Å²) >= 11 is 5.81. The SMILES string of the molecule is CC(C)(C)OC(=O)N1CCN(C(=O)CCOc2ccc(Cl)cc2)CC1. The van der Waals surface area contributed by atoms with E-state index in [1.807, 2.05) is 20.8 Å². The van der Waals surface area contributed by atoms with Gasteiger partial charge in [0.15, 0.2) is 0 Å². The number of amides is 2. The van der Waals surface area contributed by atoms with Gasteiger partial charge in [-0.3, -0.25) is 4.79 Å². The lowest BCUT2D eigenvalue weighted by Crippen LogP contribution is -2.51. The van der Waals surface area contributed by atoms with Gasteiger partial charge in [-0.2, -0.15) is 0 Å². The molecule has 6 nitrogen and oxygen atoms in total. The van der Waals surface area contributed by atoms with E-state index in [4.69, 9.17) is 21.1 Å². The maximum Gasteiger partial charge on any atom is 0.410 e. The zero-order chi connectivity index (χ0) is 18.4. The fraction of sp³-hybridized carbons (Fsp3) is 0.556. The number of carbonyl (C=O) groups excluding carboxylic acids is 2. The summed E-state index contributed by atoms with van der Waals surface area (Å²) in [6.45, 7) is 7.82. The summed E-state index contributed by atoms with van der Waals surface area (Å²) < 4.78 is 10.9. The molecule has 0 spiro atoms. The number of hydrogen-bond acceptors (Lipinski definition) is 4. The molecule has 1 aromatic carbocycles. The van der Waals surface area contributed by atoms with Gasteiger partial charge in [0.2, 0.25) is 5.91 Å². The lowest BCUT2D eigenvalue weighted by atomic mass is 10.2. The highest BCUT2D eigenvalue weighted by Gasteiger charge is 2.27. The standard InChI is InChI=1S/C18H25ClN2O4/c1-18(2,3)25-17(23)21-11-9-20(10-12-21)16(22)8-13-24-15-6-4-14(19)5-7-15/h4-7H,8-13H2,1-3H3. The van der Waals surface area contributed by atoms with E-state index in [-0.39, 0.29) is 12.0 Å². The largest absolute Gasteiger partial charge is 0.493 e. The molecule has 0 bridgehead atoms. The quantitative estimate of drug-likeness (QED) is 0.818. The Bertz CT molecular complexity index is 590. The molecular formula is C18H25ClN2O4. The van der Waals surface area contributed by atoms with Crippen LogP contribution in [0.25, 0.3) is 0 Å². The maximum atomic E-state index is 12.2. The summed E-state index contributed by atoms with van der Waals surface area (Å²) in [7, 11) is 0. The molecule has 25 heavy (non-hydrogen) atoms. The molecule has 2 rings (SSSR count). The van der Waals surface area contributed by atoms with Crippen molar-refractivity contribution in [1.82, 2.24) is 9.80 Å². The summed E-state index contributed by atoms with van der Waals surface area (Å²) in [4.78, 5) is 27.6. The third-order valence-corrected chi connectivity index (χ3v) is 3.93. The van der Waals surface area contributed by atoms with E-state index in [9.17, 15) is 9.59 Å². The predicted octanol–water partition coefficient (Wildman–Crippen LogP) is 3.19. The van der Waals surface area contributed by atoms with Crippen molar-refractivity contribution in [2.75, 3.05) is 32.8 Å². The molecule has 1 saturated heterocycles. The van der Waals surface area contributed by atoms with E-state index in [0.717, 1.165) is 0 Å². The zero-order valence-corrected chi connectivity index (χ0v) is 15.7. The Morgan fingerprint density at radius 3 is 2.16 bits per heavy atom. The minimum absolute atomic E-state index is 0.0257. The molecule has 1 aromatic rings. The van der Waals surface area contributed by atoms with Crippen molar-refractivity contribution in [2.24, 2.45) is 0 Å². The van der Waals surface area contributed by atoms with Crippen molar-refractivity contribution in [3.8, 4) is 5.75 Å². The second-order valence-corrected chi connectivity index (χ2v) is 7.34. The van der Waals surface area contributed by atoms with E-state index in [0.29, 0.717) is 50.0 Å². The summed E-state index contributed by atoms with van der Waals surface area (Å²) in [5, 5.41) is 0.645. The molecule has 0 unspecified atom stereocenters. The van der Waals surface area contributed by atoms with Crippen molar-refractivity contribution >= 4 is 23.6 Å². The van der Waals surface area contributed by atoms with Gasteiger partial charge in [-0.05, 0) is 45.0 Å². The van der Waals surface area contributed by atoms with Gasteiger partial charge in [0.1, 0.15) is 11.4 Å². The van der Waals surface area contributed by atoms with Crippen LogP contribution in [0.3, 0.4) is 0 Å². The molecule has 1 aliphatic rings. The fourth-order valence-electron chi connectivity index (χ4n) is 2.41. The van der Waals surface area contributed by atoms with Crippen LogP contribution < -0.4 is 4.74 Å². The van der Waals surface area contributed by atoms with Gasteiger partial charge < -0.3 is 19.3 Å². The third-order valence-electron chi connectivity index (χ3n) is 3.68. The Morgan fingerprint density at radius 2 is 1.60 bits per heavy atom. The average molecular weight is 369 g/mol. The summed E-state index contributed by atoms with van der Waals surface area (Å²) in [5.74, 6) is 0.713. The van der Waals surface area contributed by atoms with E-state index in [1.54, 1.807) is 34.1 Å². The van der Waals surface area contributed by atoms with Gasteiger partial charge in [0.25, 0.3) is 0 Å². The van der Waals surface area contributed by atoms with Crippen LogP contribution in [-0.4, -0.2) is 60.2 Å². The van der Waals surface area contributed by atoms with Crippen LogP contribution in [0.2, 0.25) is 5.02 Å². The molecule has 2 amide bonds. The molecule has 0 aromatic heterocycles. The highest BCUT2D eigenvalue weighted by Crippen LogP contribution is 2.16. The minimum atomic E-state index is -0.511. The zero-order valence-electron chi connectivity index (χ0n) is 15.0. The van der Waals surface area contributed by atoms with Gasteiger partial charge in [-0.15, -0.1) is 0 Å². The number of ether oxygens (including phenoxy) is 2. The Balaban J connectivity index is 1.70. The lowest BCUT2D eigenvalue weighted by molar-refractivity contribution is -0.133. The number of nitrogens with zero attached hydrogens (tertiary/aromatic N) is 2. The molecule has 1 aliphatic heterocycles. The Morgan fingerprint density at radius 1 is 1.04 bits per heavy atom. The van der Waals surface area contributed by atoms with E-state index >= 15 is 0 Å². The Hall–Kier alpha value is -1.95. The molecule has 0 saturated carbocycles. The number of carbonyl (C=O) groups is 2. The second-order valence-electron chi connectivity index (χ2n) is 6.90. The Labute approximate surface area is 153 Å². The highest BCUT2D eigenvalue weighted by molar-refractivity contribution is 6.30. The first-order chi connectivity index (χ1) is 11.7. The highest BCUT2D eigenvalue weighted by atomic mass is 35.5. The molecule has 138 valence electrons. The summed E-state index contributed by atoms with van der Waals surface area (Å²) in [6.07, 6.45) is -0.0274. The number of benzene rings is 1. The number of halogens is 1. The van der Waals surface area contributed by atoms with Crippen LogP contribution in [0.4, 0.5) is 4.79 Å². The molecule has 7 heteroatoms. The average Bonchev–Trinajstić information content (AvgIpc) is 2.55. The van der Waals surface area contributed by atoms with Crippen molar-refractivity contribution in [3.05, 3.63) is 29.3 Å². The first-order valence-corrected chi connectivity index (χ1v) is 8.76. The van der Waals surface area contributed by atoms with Gasteiger partial charge in [0, 0.05) is 31.2 Å². The van der Waals surface area contributed by atoms with E-state index in [2.05, 4.69) is 0 Å². The molecule has 0 N–H and O–H groups in total. The van der Waals surface area contributed by atoms with Crippen LogP contribution in [0.15, 0.2) is 24.3 Å². The van der Waals surface area contributed by atoms with Crippen LogP contribution in [-0.2, 0) is 9.53 Å². The first-order valence-electron chi connectivity index (χ1n) is 8.39. The topological polar surface area (TPSA) is 59.1 Å². The number of rotatable bonds is 4. The Kier molecular flexibility index (Phi) is 6.53. The van der Waals surface area contributed by atoms with Gasteiger partial charge in [-0.25, -0.2) is 4.79 Å². The molecule has 1 fully saturated rings. The molecule has 1 heterocycles. The van der Waals surface area contributed by atoms with Crippen LogP contribution in [0.1, 0.15) is 27.2 Å². The van der Waals surface area contributed by atoms with Crippen LogP contribution in [0, 0.1) is 0 Å². The monoisotopic (exact) mass is 368 g/mol. The molecule has 0 radical (unpaired) electrons. The smallest absolute Gasteiger partial charge is 0.410 e. The van der Waals surface area contributed by atoms with Gasteiger partial charge in [-0.1, -0.05) is 11.6 Å². The first kappa shape index (κ1) is 19.4. The van der Waals surface area contributed by atoms with Gasteiger partial charge >= 0.3 is 6.09 Å². The van der Waals surface area contributed by atoms with E-state index in [1.165, 1.54) is 0 Å². The lowest BCUT2D eigenvalue weighted by Gasteiger charge is -2.35. The molecule has 0 atom stereocenters. The minimum Gasteiger partial charge on any atom is -0.493 e. The number of piperazine rings is 1. The van der Waals surface area contributed by atoms with Gasteiger partial charge in [0.05, 0.1) is 13.0 Å². The van der Waals surface area contributed by atoms with Crippen molar-refractivity contribution in [3.63, 3.8) is 0 Å². The predicted molar refractivity (Wildman–Crippen MR) is 96.0 cm³/mol. The maximum absolute atomic E-state index is 12.2. The number of hydrogen-bond donors (Lipinski definition) is 0. The van der Waals surface area contributed by atoms with Crippen molar-refractivity contribution in [1.29, 1.82) is 0 Å². The van der Waals surface area contributed by atoms with E-state index < -0.39 is 5.60 Å². The summed E-state index contributed by atoms with van der Waals surface area (Å²) in [5.41, 5.74) is -0.511. The van der Waals surface area contributed by atoms with Crippen LogP contribution in [0.5, 0.6) is 5.75 Å². The normalized spacial score (nSPS) is 15.0. The third kappa shape index (κ3) is 6.46. The summed E-state index contributed by atoms with van der Waals surface area (Å²) in [6, 6.07) is 7.03. The van der Waals surface area contributed by atoms with Crippen LogP contribution >= 0.6 is 11.6 Å². The molecular weight excluding hydrogens is 344 g/mol. The molecule has 0 aliphatic carbocycles.